The maximum Gasteiger partial charge on any atom is 0.130 e. The minimum atomic E-state index is -0.0578. The average Bonchev–Trinajstić information content (AvgIpc) is 2.62. The lowest BCUT2D eigenvalue weighted by molar-refractivity contribution is 0.280. The van der Waals surface area contributed by atoms with Gasteiger partial charge in [-0.15, -0.1) is 0 Å². The number of hydrogen-bond acceptors (Lipinski definition) is 4. The zero-order chi connectivity index (χ0) is 17.1. The van der Waals surface area contributed by atoms with Crippen LogP contribution in [0.25, 0.3) is 11.1 Å². The molecule has 0 heterocycles. The molecule has 2 N–H and O–H groups in total. The predicted octanol–water partition coefficient (Wildman–Crippen LogP) is 3.48. The zero-order valence-electron chi connectivity index (χ0n) is 14.4. The molecule has 0 saturated heterocycles. The van der Waals surface area contributed by atoms with Crippen LogP contribution >= 0.6 is 0 Å². The van der Waals surface area contributed by atoms with Crippen molar-refractivity contribution in [1.29, 1.82) is 0 Å². The van der Waals surface area contributed by atoms with E-state index in [0.29, 0.717) is 11.5 Å². The van der Waals surface area contributed by atoms with E-state index in [4.69, 9.17) is 9.47 Å². The van der Waals surface area contributed by atoms with Crippen LogP contribution in [0.1, 0.15) is 19.4 Å². The molecular weight excluding hydrogens is 290 g/mol. The number of aliphatic hydroxyl groups is 1. The van der Waals surface area contributed by atoms with E-state index in [1.54, 1.807) is 14.2 Å². The van der Waals surface area contributed by atoms with Gasteiger partial charge in [-0.05, 0) is 30.3 Å². The van der Waals surface area contributed by atoms with Crippen molar-refractivity contribution in [3.05, 3.63) is 48.0 Å². The Morgan fingerprint density at radius 1 is 0.957 bits per heavy atom. The van der Waals surface area contributed by atoms with Crippen LogP contribution in [-0.2, 0) is 6.61 Å². The van der Waals surface area contributed by atoms with Gasteiger partial charge in [-0.1, -0.05) is 44.2 Å². The van der Waals surface area contributed by atoms with Crippen LogP contribution in [0, 0.1) is 0 Å². The van der Waals surface area contributed by atoms with Gasteiger partial charge in [0.1, 0.15) is 11.5 Å². The van der Waals surface area contributed by atoms with Crippen LogP contribution in [-0.4, -0.2) is 32.4 Å². The van der Waals surface area contributed by atoms with Crippen LogP contribution in [0.4, 0.5) is 0 Å². The van der Waals surface area contributed by atoms with Crippen LogP contribution in [0.5, 0.6) is 11.5 Å². The van der Waals surface area contributed by atoms with Crippen LogP contribution in [0.2, 0.25) is 0 Å². The average molecular weight is 317 g/mol. The molecule has 0 aromatic heterocycles. The molecule has 0 amide bonds. The lowest BCUT2D eigenvalue weighted by Gasteiger charge is -2.15. The maximum absolute atomic E-state index is 9.51. The summed E-state index contributed by atoms with van der Waals surface area (Å²) in [6.07, 6.45) is 0. The molecule has 0 bridgehead atoms. The molecule has 0 aliphatic carbocycles. The molecule has 0 spiro atoms. The van der Waals surface area contributed by atoms with Crippen molar-refractivity contribution in [2.24, 2.45) is 0 Å². The van der Waals surface area contributed by atoms with Gasteiger partial charge in [0, 0.05) is 11.6 Å². The number of rotatable bonds is 6. The normalized spacial score (nSPS) is 9.78. The van der Waals surface area contributed by atoms with Crippen molar-refractivity contribution >= 4 is 0 Å². The molecule has 0 fully saturated rings. The van der Waals surface area contributed by atoms with Gasteiger partial charge in [-0.25, -0.2) is 0 Å². The van der Waals surface area contributed by atoms with Crippen molar-refractivity contribution in [3.8, 4) is 22.6 Å². The molecule has 2 aromatic carbocycles. The Hall–Kier alpha value is -2.04. The molecule has 0 saturated carbocycles. The van der Waals surface area contributed by atoms with Gasteiger partial charge in [0.25, 0.3) is 0 Å². The Balaban J connectivity index is 0.000000463. The monoisotopic (exact) mass is 317 g/mol. The minimum Gasteiger partial charge on any atom is -0.497 e. The Morgan fingerprint density at radius 2 is 1.61 bits per heavy atom. The third-order valence-corrected chi connectivity index (χ3v) is 3.35. The molecule has 0 radical (unpaired) electrons. The maximum atomic E-state index is 9.51. The van der Waals surface area contributed by atoms with E-state index < -0.39 is 0 Å². The summed E-state index contributed by atoms with van der Waals surface area (Å²) < 4.78 is 10.6. The molecule has 23 heavy (non-hydrogen) atoms. The van der Waals surface area contributed by atoms with Gasteiger partial charge in [-0.2, -0.15) is 0 Å². The molecule has 0 atom stereocenters. The number of benzene rings is 2. The summed E-state index contributed by atoms with van der Waals surface area (Å²) >= 11 is 0. The van der Waals surface area contributed by atoms with Crippen molar-refractivity contribution in [2.75, 3.05) is 27.3 Å². The molecule has 126 valence electrons. The number of hydrogen-bond donors (Lipinski definition) is 2. The first-order chi connectivity index (χ1) is 11.2. The van der Waals surface area contributed by atoms with Crippen molar-refractivity contribution in [3.63, 3.8) is 0 Å². The summed E-state index contributed by atoms with van der Waals surface area (Å²) in [5, 5.41) is 12.6. The molecule has 2 aromatic rings. The van der Waals surface area contributed by atoms with Gasteiger partial charge in [0.05, 0.1) is 20.8 Å². The fourth-order valence-electron chi connectivity index (χ4n) is 2.23. The van der Waals surface area contributed by atoms with Crippen molar-refractivity contribution in [1.82, 2.24) is 5.32 Å². The second-order valence-electron chi connectivity index (χ2n) is 4.85. The summed E-state index contributed by atoms with van der Waals surface area (Å²) in [6.45, 7) is 6.33. The van der Waals surface area contributed by atoms with Crippen LogP contribution < -0.4 is 14.8 Å². The Labute approximate surface area is 139 Å². The zero-order valence-corrected chi connectivity index (χ0v) is 14.4. The van der Waals surface area contributed by atoms with E-state index in [2.05, 4.69) is 19.2 Å². The summed E-state index contributed by atoms with van der Waals surface area (Å²) in [5.74, 6) is 1.38. The second kappa shape index (κ2) is 10.6. The quantitative estimate of drug-likeness (QED) is 0.856. The lowest BCUT2D eigenvalue weighted by Crippen LogP contribution is -2.09. The smallest absolute Gasteiger partial charge is 0.130 e. The highest BCUT2D eigenvalue weighted by molar-refractivity contribution is 5.75. The van der Waals surface area contributed by atoms with Gasteiger partial charge >= 0.3 is 0 Å². The van der Waals surface area contributed by atoms with E-state index in [9.17, 15) is 5.11 Å². The first kappa shape index (κ1) is 19.0. The standard InChI is InChI=1S/C15H16O3.C4H11N/c1-17-13-8-12(10-16)15(14(9-13)18-2)11-6-4-3-5-7-11;1-3-5-4-2/h3-9,16H,10H2,1-2H3;5H,3-4H2,1-2H3. The second-order valence-corrected chi connectivity index (χ2v) is 4.85. The topological polar surface area (TPSA) is 50.7 Å². The Morgan fingerprint density at radius 3 is 2.04 bits per heavy atom. The fourth-order valence-corrected chi connectivity index (χ4v) is 2.23. The largest absolute Gasteiger partial charge is 0.497 e. The fraction of sp³-hybridized carbons (Fsp3) is 0.368. The molecule has 4 heteroatoms. The van der Waals surface area contributed by atoms with E-state index in [1.165, 1.54) is 0 Å². The Kier molecular flexibility index (Phi) is 8.80. The highest BCUT2D eigenvalue weighted by atomic mass is 16.5. The van der Waals surface area contributed by atoms with Gasteiger partial charge in [0.15, 0.2) is 0 Å². The summed E-state index contributed by atoms with van der Waals surface area (Å²) in [6, 6.07) is 13.5. The molecule has 4 nitrogen and oxygen atoms in total. The highest BCUT2D eigenvalue weighted by Crippen LogP contribution is 2.36. The minimum absolute atomic E-state index is 0.0578. The van der Waals surface area contributed by atoms with Gasteiger partial charge in [-0.3, -0.25) is 0 Å². The van der Waals surface area contributed by atoms with E-state index in [-0.39, 0.29) is 6.61 Å². The molecule has 0 unspecified atom stereocenters. The Bertz CT molecular complexity index is 543. The third-order valence-electron chi connectivity index (χ3n) is 3.35. The molecular formula is C19H27NO3. The van der Waals surface area contributed by atoms with Gasteiger partial charge < -0.3 is 19.9 Å². The van der Waals surface area contributed by atoms with E-state index >= 15 is 0 Å². The van der Waals surface area contributed by atoms with Gasteiger partial charge in [0.2, 0.25) is 0 Å². The number of aliphatic hydroxyl groups excluding tert-OH is 1. The first-order valence-corrected chi connectivity index (χ1v) is 7.83. The summed E-state index contributed by atoms with van der Waals surface area (Å²) in [4.78, 5) is 0. The summed E-state index contributed by atoms with van der Waals surface area (Å²) in [7, 11) is 3.21. The van der Waals surface area contributed by atoms with Crippen LogP contribution in [0.15, 0.2) is 42.5 Å². The third kappa shape index (κ3) is 5.58. The summed E-state index contributed by atoms with van der Waals surface area (Å²) in [5.41, 5.74) is 2.71. The number of nitrogens with one attached hydrogen (secondary N) is 1. The number of ether oxygens (including phenoxy) is 2. The molecule has 0 aliphatic rings. The van der Waals surface area contributed by atoms with Crippen LogP contribution in [0.3, 0.4) is 0 Å². The van der Waals surface area contributed by atoms with Crippen molar-refractivity contribution in [2.45, 2.75) is 20.5 Å². The van der Waals surface area contributed by atoms with E-state index in [1.807, 2.05) is 42.5 Å². The van der Waals surface area contributed by atoms with E-state index in [0.717, 1.165) is 29.8 Å². The lowest BCUT2D eigenvalue weighted by atomic mass is 9.98. The predicted molar refractivity (Wildman–Crippen MR) is 95.1 cm³/mol. The molecule has 2 rings (SSSR count). The number of methoxy groups -OCH3 is 2. The SMILES string of the molecule is CCNCC.COc1cc(CO)c(-c2ccccc2)c(OC)c1. The molecule has 0 aliphatic heterocycles. The first-order valence-electron chi connectivity index (χ1n) is 7.83. The highest BCUT2D eigenvalue weighted by Gasteiger charge is 2.13. The van der Waals surface area contributed by atoms with Crippen molar-refractivity contribution < 1.29 is 14.6 Å².